The number of pyridine rings is 1. The summed E-state index contributed by atoms with van der Waals surface area (Å²) in [5.41, 5.74) is 0.817. The number of carbonyl (C=O) groups is 2. The maximum absolute atomic E-state index is 12.3. The Balaban J connectivity index is 1.51. The minimum absolute atomic E-state index is 0.306. The Morgan fingerprint density at radius 3 is 2.24 bits per heavy atom. The molecule has 1 fully saturated rings. The Bertz CT molecular complexity index is 1090. The molecule has 0 spiro atoms. The van der Waals surface area contributed by atoms with Crippen LogP contribution in [0, 0.1) is 0 Å². The SMILES string of the molecule is CC(C)(C)OC(=O)NCc1cccc(COc2cnc(N3CCN(C(=O)OC(C)(C)C)CC3)c(Cl)c2)c1. The third kappa shape index (κ3) is 9.31. The van der Waals surface area contributed by atoms with Crippen molar-refractivity contribution >= 4 is 29.6 Å². The van der Waals surface area contributed by atoms with Crippen LogP contribution in [0.1, 0.15) is 52.7 Å². The zero-order valence-corrected chi connectivity index (χ0v) is 23.2. The molecule has 0 unspecified atom stereocenters. The van der Waals surface area contributed by atoms with Crippen LogP contribution in [-0.4, -0.2) is 59.5 Å². The molecule has 1 aliphatic heterocycles. The van der Waals surface area contributed by atoms with Gasteiger partial charge in [-0.3, -0.25) is 0 Å². The first-order valence-electron chi connectivity index (χ1n) is 12.3. The fraction of sp³-hybridized carbons (Fsp3) is 0.519. The predicted molar refractivity (Wildman–Crippen MR) is 143 cm³/mol. The number of amides is 2. The minimum atomic E-state index is -0.543. The lowest BCUT2D eigenvalue weighted by Gasteiger charge is -2.36. The normalized spacial score (nSPS) is 14.2. The second kappa shape index (κ2) is 11.9. The van der Waals surface area contributed by atoms with E-state index in [1.54, 1.807) is 17.2 Å². The van der Waals surface area contributed by atoms with Crippen molar-refractivity contribution in [1.29, 1.82) is 0 Å². The number of benzene rings is 1. The fourth-order valence-electron chi connectivity index (χ4n) is 3.64. The van der Waals surface area contributed by atoms with Gasteiger partial charge in [0, 0.05) is 38.8 Å². The molecule has 0 atom stereocenters. The second-order valence-corrected chi connectivity index (χ2v) is 11.3. The van der Waals surface area contributed by atoms with Gasteiger partial charge in [0.15, 0.2) is 0 Å². The first kappa shape index (κ1) is 28.4. The van der Waals surface area contributed by atoms with Gasteiger partial charge in [0.1, 0.15) is 29.4 Å². The number of ether oxygens (including phenoxy) is 3. The van der Waals surface area contributed by atoms with Crippen LogP contribution >= 0.6 is 11.6 Å². The first-order valence-corrected chi connectivity index (χ1v) is 12.7. The van der Waals surface area contributed by atoms with Crippen LogP contribution in [0.25, 0.3) is 0 Å². The molecule has 2 amide bonds. The molecule has 2 aromatic rings. The molecule has 37 heavy (non-hydrogen) atoms. The number of nitrogens with one attached hydrogen (secondary N) is 1. The van der Waals surface area contributed by atoms with E-state index in [4.69, 9.17) is 25.8 Å². The summed E-state index contributed by atoms with van der Waals surface area (Å²) in [6.07, 6.45) is 0.885. The Morgan fingerprint density at radius 2 is 1.62 bits per heavy atom. The summed E-state index contributed by atoms with van der Waals surface area (Å²) in [5, 5.41) is 3.24. The number of nitrogens with zero attached hydrogens (tertiary/aromatic N) is 3. The van der Waals surface area contributed by atoms with E-state index in [1.807, 2.05) is 70.7 Å². The average Bonchev–Trinajstić information content (AvgIpc) is 2.80. The van der Waals surface area contributed by atoms with Crippen molar-refractivity contribution in [3.05, 3.63) is 52.7 Å². The first-order chi connectivity index (χ1) is 17.3. The standard InChI is InChI=1S/C27H37ClN4O5/c1-26(2,3)36-24(33)30-16-19-8-7-9-20(14-19)18-35-21-15-22(28)23(29-17-21)31-10-12-32(13-11-31)25(34)37-27(4,5)6/h7-9,14-15,17H,10-13,16,18H2,1-6H3,(H,30,33). The number of anilines is 1. The summed E-state index contributed by atoms with van der Waals surface area (Å²) in [6, 6.07) is 9.50. The van der Waals surface area contributed by atoms with Crippen LogP contribution < -0.4 is 15.0 Å². The van der Waals surface area contributed by atoms with Crippen LogP contribution in [-0.2, 0) is 22.6 Å². The summed E-state index contributed by atoms with van der Waals surface area (Å²) in [6.45, 7) is 14.0. The number of hydrogen-bond acceptors (Lipinski definition) is 7. The average molecular weight is 533 g/mol. The summed E-state index contributed by atoms with van der Waals surface area (Å²) < 4.78 is 16.6. The van der Waals surface area contributed by atoms with Crippen LogP contribution in [0.5, 0.6) is 5.75 Å². The highest BCUT2D eigenvalue weighted by Crippen LogP contribution is 2.28. The molecule has 0 saturated carbocycles. The molecule has 1 aliphatic rings. The van der Waals surface area contributed by atoms with E-state index >= 15 is 0 Å². The van der Waals surface area contributed by atoms with E-state index in [1.165, 1.54) is 0 Å². The zero-order chi connectivity index (χ0) is 27.2. The Kier molecular flexibility index (Phi) is 9.12. The molecule has 3 rings (SSSR count). The van der Waals surface area contributed by atoms with Crippen LogP contribution in [0.2, 0.25) is 5.02 Å². The third-order valence-corrected chi connectivity index (χ3v) is 5.54. The molecule has 1 N–H and O–H groups in total. The molecule has 0 bridgehead atoms. The van der Waals surface area contributed by atoms with Crippen LogP contribution in [0.15, 0.2) is 36.5 Å². The maximum atomic E-state index is 12.3. The zero-order valence-electron chi connectivity index (χ0n) is 22.5. The van der Waals surface area contributed by atoms with Crippen LogP contribution in [0.3, 0.4) is 0 Å². The molecule has 1 aromatic heterocycles. The van der Waals surface area contributed by atoms with E-state index < -0.39 is 17.3 Å². The molecule has 2 heterocycles. The van der Waals surface area contributed by atoms with E-state index in [0.29, 0.717) is 55.9 Å². The monoisotopic (exact) mass is 532 g/mol. The molecule has 0 radical (unpaired) electrons. The number of carbonyl (C=O) groups excluding carboxylic acids is 2. The van der Waals surface area contributed by atoms with E-state index in [0.717, 1.165) is 11.1 Å². The highest BCUT2D eigenvalue weighted by molar-refractivity contribution is 6.33. The number of hydrogen-bond donors (Lipinski definition) is 1. The van der Waals surface area contributed by atoms with Gasteiger partial charge in [-0.05, 0) is 52.7 Å². The molecule has 0 aliphatic carbocycles. The third-order valence-electron chi connectivity index (χ3n) is 5.26. The molecule has 1 aromatic carbocycles. The quantitative estimate of drug-likeness (QED) is 0.532. The lowest BCUT2D eigenvalue weighted by atomic mass is 10.1. The van der Waals surface area contributed by atoms with Crippen molar-refractivity contribution in [3.63, 3.8) is 0 Å². The Labute approximate surface area is 224 Å². The molecular formula is C27H37ClN4O5. The van der Waals surface area contributed by atoms with E-state index in [9.17, 15) is 9.59 Å². The smallest absolute Gasteiger partial charge is 0.410 e. The van der Waals surface area contributed by atoms with E-state index in [-0.39, 0.29) is 6.09 Å². The molecule has 1 saturated heterocycles. The topological polar surface area (TPSA) is 93.2 Å². The Hall–Kier alpha value is -3.20. The molecule has 202 valence electrons. The number of piperazine rings is 1. The van der Waals surface area contributed by atoms with Crippen molar-refractivity contribution in [2.75, 3.05) is 31.1 Å². The Morgan fingerprint density at radius 1 is 0.973 bits per heavy atom. The largest absolute Gasteiger partial charge is 0.487 e. The van der Waals surface area contributed by atoms with Gasteiger partial charge in [0.25, 0.3) is 0 Å². The van der Waals surface area contributed by atoms with Gasteiger partial charge >= 0.3 is 12.2 Å². The van der Waals surface area contributed by atoms with Gasteiger partial charge in [-0.25, -0.2) is 14.6 Å². The minimum Gasteiger partial charge on any atom is -0.487 e. The summed E-state index contributed by atoms with van der Waals surface area (Å²) in [7, 11) is 0. The number of aromatic nitrogens is 1. The fourth-order valence-corrected chi connectivity index (χ4v) is 3.91. The molecular weight excluding hydrogens is 496 g/mol. The van der Waals surface area contributed by atoms with E-state index in [2.05, 4.69) is 10.3 Å². The highest BCUT2D eigenvalue weighted by Gasteiger charge is 2.27. The summed E-state index contributed by atoms with van der Waals surface area (Å²) >= 11 is 6.53. The highest BCUT2D eigenvalue weighted by atomic mass is 35.5. The van der Waals surface area contributed by atoms with Gasteiger partial charge in [0.2, 0.25) is 0 Å². The predicted octanol–water partition coefficient (Wildman–Crippen LogP) is 5.40. The lowest BCUT2D eigenvalue weighted by molar-refractivity contribution is 0.0240. The van der Waals surface area contributed by atoms with Crippen molar-refractivity contribution in [2.45, 2.75) is 65.9 Å². The van der Waals surface area contributed by atoms with Crippen molar-refractivity contribution in [3.8, 4) is 5.75 Å². The van der Waals surface area contributed by atoms with Gasteiger partial charge < -0.3 is 29.3 Å². The summed E-state index contributed by atoms with van der Waals surface area (Å²) in [5.74, 6) is 1.21. The number of rotatable bonds is 6. The lowest BCUT2D eigenvalue weighted by Crippen LogP contribution is -2.50. The van der Waals surface area contributed by atoms with Gasteiger partial charge in [-0.15, -0.1) is 0 Å². The molecule has 9 nitrogen and oxygen atoms in total. The number of alkyl carbamates (subject to hydrolysis) is 1. The van der Waals surface area contributed by atoms with Crippen molar-refractivity contribution < 1.29 is 23.8 Å². The van der Waals surface area contributed by atoms with Gasteiger partial charge in [-0.1, -0.05) is 35.9 Å². The van der Waals surface area contributed by atoms with Gasteiger partial charge in [0.05, 0.1) is 11.2 Å². The van der Waals surface area contributed by atoms with Crippen LogP contribution in [0.4, 0.5) is 15.4 Å². The van der Waals surface area contributed by atoms with Gasteiger partial charge in [-0.2, -0.15) is 0 Å². The van der Waals surface area contributed by atoms with Crippen molar-refractivity contribution in [1.82, 2.24) is 15.2 Å². The molecule has 10 heteroatoms. The maximum Gasteiger partial charge on any atom is 0.410 e. The van der Waals surface area contributed by atoms with Crippen molar-refractivity contribution in [2.24, 2.45) is 0 Å². The summed E-state index contributed by atoms with van der Waals surface area (Å²) in [4.78, 5) is 32.5. The number of halogens is 1. The second-order valence-electron chi connectivity index (χ2n) is 10.9.